The van der Waals surface area contributed by atoms with Gasteiger partial charge in [-0.2, -0.15) is 0 Å². The Morgan fingerprint density at radius 2 is 2.11 bits per heavy atom. The van der Waals surface area contributed by atoms with Gasteiger partial charge in [-0.1, -0.05) is 6.07 Å². The van der Waals surface area contributed by atoms with Crippen molar-refractivity contribution in [3.05, 3.63) is 23.8 Å². The highest BCUT2D eigenvalue weighted by Gasteiger charge is 2.05. The third-order valence-electron chi connectivity index (χ3n) is 2.39. The summed E-state index contributed by atoms with van der Waals surface area (Å²) in [6.07, 6.45) is 0.171. The van der Waals surface area contributed by atoms with E-state index in [1.807, 2.05) is 32.9 Å². The molecule has 0 atom stereocenters. The summed E-state index contributed by atoms with van der Waals surface area (Å²) in [5.41, 5.74) is 8.02. The number of rotatable bonds is 7. The van der Waals surface area contributed by atoms with Crippen LogP contribution in [-0.4, -0.2) is 31.8 Å². The number of carbonyl (C=O) groups excluding carboxylic acids is 1. The Kier molecular flexibility index (Phi) is 6.32. The molecule has 5 heteroatoms. The lowest BCUT2D eigenvalue weighted by Gasteiger charge is -2.10. The summed E-state index contributed by atoms with van der Waals surface area (Å²) in [6, 6.07) is 5.49. The largest absolute Gasteiger partial charge is 0.397 e. The molecule has 1 amide bonds. The van der Waals surface area contributed by atoms with E-state index in [0.717, 1.165) is 5.56 Å². The number of nitrogen functional groups attached to an aromatic ring is 1. The maximum Gasteiger partial charge on any atom is 0.250 e. The van der Waals surface area contributed by atoms with Gasteiger partial charge in [-0.3, -0.25) is 4.79 Å². The fraction of sp³-hybridized carbons (Fsp3) is 0.500. The predicted molar refractivity (Wildman–Crippen MR) is 76.1 cm³/mol. The average molecular weight is 266 g/mol. The summed E-state index contributed by atoms with van der Waals surface area (Å²) >= 11 is 0. The van der Waals surface area contributed by atoms with Gasteiger partial charge in [0.1, 0.15) is 6.61 Å². The number of amides is 1. The lowest BCUT2D eigenvalue weighted by Crippen LogP contribution is -2.21. The molecule has 19 heavy (non-hydrogen) atoms. The lowest BCUT2D eigenvalue weighted by atomic mass is 10.2. The van der Waals surface area contributed by atoms with E-state index in [2.05, 4.69) is 5.32 Å². The van der Waals surface area contributed by atoms with Crippen LogP contribution in [0.25, 0.3) is 0 Å². The molecule has 0 saturated carbocycles. The smallest absolute Gasteiger partial charge is 0.250 e. The predicted octanol–water partition coefficient (Wildman–Crippen LogP) is 1.96. The number of anilines is 2. The third kappa shape index (κ3) is 6.22. The highest BCUT2D eigenvalue weighted by Crippen LogP contribution is 2.19. The van der Waals surface area contributed by atoms with Gasteiger partial charge < -0.3 is 20.5 Å². The second kappa shape index (κ2) is 7.76. The van der Waals surface area contributed by atoms with Gasteiger partial charge in [-0.25, -0.2) is 0 Å². The fourth-order valence-corrected chi connectivity index (χ4v) is 1.49. The zero-order valence-electron chi connectivity index (χ0n) is 11.7. The van der Waals surface area contributed by atoms with Crippen molar-refractivity contribution >= 4 is 17.3 Å². The van der Waals surface area contributed by atoms with Crippen molar-refractivity contribution in [1.29, 1.82) is 0 Å². The van der Waals surface area contributed by atoms with Crippen molar-refractivity contribution in [3.63, 3.8) is 0 Å². The first kappa shape index (κ1) is 15.5. The number of hydrogen-bond donors (Lipinski definition) is 2. The standard InChI is InChI=1S/C14H22N2O3/c1-10(2)19-7-6-18-9-14(17)16-13-5-4-11(3)8-12(13)15/h4-5,8,10H,6-7,9,15H2,1-3H3,(H,16,17). The molecule has 0 saturated heterocycles. The van der Waals surface area contributed by atoms with E-state index >= 15 is 0 Å². The van der Waals surface area contributed by atoms with Crippen LogP contribution in [0.2, 0.25) is 0 Å². The number of nitrogens with two attached hydrogens (primary N) is 1. The van der Waals surface area contributed by atoms with Crippen LogP contribution in [0.1, 0.15) is 19.4 Å². The highest BCUT2D eigenvalue weighted by molar-refractivity contribution is 5.94. The quantitative estimate of drug-likeness (QED) is 0.584. The first-order chi connectivity index (χ1) is 8.99. The molecule has 0 heterocycles. The SMILES string of the molecule is Cc1ccc(NC(=O)COCCOC(C)C)c(N)c1. The van der Waals surface area contributed by atoms with E-state index in [-0.39, 0.29) is 18.6 Å². The van der Waals surface area contributed by atoms with Crippen molar-refractivity contribution in [1.82, 2.24) is 0 Å². The van der Waals surface area contributed by atoms with Crippen LogP contribution >= 0.6 is 0 Å². The number of nitrogens with one attached hydrogen (secondary N) is 1. The summed E-state index contributed by atoms with van der Waals surface area (Å²) in [5.74, 6) is -0.222. The Morgan fingerprint density at radius 1 is 1.37 bits per heavy atom. The van der Waals surface area contributed by atoms with Crippen LogP contribution in [0.4, 0.5) is 11.4 Å². The van der Waals surface area contributed by atoms with E-state index < -0.39 is 0 Å². The summed E-state index contributed by atoms with van der Waals surface area (Å²) < 4.78 is 10.5. The van der Waals surface area contributed by atoms with Crippen molar-refractivity contribution in [3.8, 4) is 0 Å². The monoisotopic (exact) mass is 266 g/mol. The number of ether oxygens (including phenoxy) is 2. The minimum Gasteiger partial charge on any atom is -0.397 e. The minimum absolute atomic E-state index is 0.00519. The van der Waals surface area contributed by atoms with E-state index in [9.17, 15) is 4.79 Å². The lowest BCUT2D eigenvalue weighted by molar-refractivity contribution is -0.121. The molecule has 0 aliphatic carbocycles. The maximum absolute atomic E-state index is 11.6. The van der Waals surface area contributed by atoms with Gasteiger partial charge in [-0.15, -0.1) is 0 Å². The van der Waals surface area contributed by atoms with Gasteiger partial charge in [0.25, 0.3) is 0 Å². The average Bonchev–Trinajstić information content (AvgIpc) is 2.32. The molecule has 0 unspecified atom stereocenters. The number of aryl methyl sites for hydroxylation is 1. The molecule has 5 nitrogen and oxygen atoms in total. The Bertz CT molecular complexity index is 419. The van der Waals surface area contributed by atoms with Crippen LogP contribution in [0.15, 0.2) is 18.2 Å². The van der Waals surface area contributed by atoms with Crippen molar-refractivity contribution < 1.29 is 14.3 Å². The maximum atomic E-state index is 11.6. The van der Waals surface area contributed by atoms with E-state index in [1.165, 1.54) is 0 Å². The summed E-state index contributed by atoms with van der Waals surface area (Å²) in [6.45, 7) is 6.72. The van der Waals surface area contributed by atoms with Crippen LogP contribution < -0.4 is 11.1 Å². The molecule has 3 N–H and O–H groups in total. The molecular formula is C14H22N2O3. The van der Waals surface area contributed by atoms with Gasteiger partial charge in [0.2, 0.25) is 5.91 Å². The van der Waals surface area contributed by atoms with Crippen molar-refractivity contribution in [2.45, 2.75) is 26.9 Å². The summed E-state index contributed by atoms with van der Waals surface area (Å²) in [7, 11) is 0. The van der Waals surface area contributed by atoms with E-state index in [1.54, 1.807) is 6.07 Å². The molecule has 0 radical (unpaired) electrons. The highest BCUT2D eigenvalue weighted by atomic mass is 16.5. The second-order valence-electron chi connectivity index (χ2n) is 4.61. The third-order valence-corrected chi connectivity index (χ3v) is 2.39. The molecule has 1 rings (SSSR count). The molecule has 0 aliphatic rings. The van der Waals surface area contributed by atoms with E-state index in [4.69, 9.17) is 15.2 Å². The first-order valence-electron chi connectivity index (χ1n) is 6.34. The molecule has 1 aromatic rings. The Labute approximate surface area is 114 Å². The van der Waals surface area contributed by atoms with Crippen molar-refractivity contribution in [2.75, 3.05) is 30.9 Å². The molecule has 0 bridgehead atoms. The fourth-order valence-electron chi connectivity index (χ4n) is 1.49. The molecule has 0 aliphatic heterocycles. The van der Waals surface area contributed by atoms with E-state index in [0.29, 0.717) is 24.6 Å². The second-order valence-corrected chi connectivity index (χ2v) is 4.61. The first-order valence-corrected chi connectivity index (χ1v) is 6.34. The molecule has 0 aromatic heterocycles. The topological polar surface area (TPSA) is 73.6 Å². The minimum atomic E-state index is -0.222. The van der Waals surface area contributed by atoms with Crippen LogP contribution in [0.5, 0.6) is 0 Å². The van der Waals surface area contributed by atoms with Gasteiger partial charge in [0.05, 0.1) is 30.7 Å². The molecule has 0 spiro atoms. The number of carbonyl (C=O) groups is 1. The van der Waals surface area contributed by atoms with Crippen LogP contribution in [0.3, 0.4) is 0 Å². The van der Waals surface area contributed by atoms with Crippen LogP contribution in [0, 0.1) is 6.92 Å². The van der Waals surface area contributed by atoms with Gasteiger partial charge >= 0.3 is 0 Å². The summed E-state index contributed by atoms with van der Waals surface area (Å²) in [5, 5.41) is 2.71. The zero-order valence-corrected chi connectivity index (χ0v) is 11.7. The summed E-state index contributed by atoms with van der Waals surface area (Å²) in [4.78, 5) is 11.6. The molecule has 0 fully saturated rings. The normalized spacial score (nSPS) is 10.7. The number of hydrogen-bond acceptors (Lipinski definition) is 4. The molecule has 106 valence electrons. The molecule has 1 aromatic carbocycles. The van der Waals surface area contributed by atoms with Gasteiger partial charge in [0, 0.05) is 0 Å². The van der Waals surface area contributed by atoms with Gasteiger partial charge in [0.15, 0.2) is 0 Å². The molecular weight excluding hydrogens is 244 g/mol. The van der Waals surface area contributed by atoms with Crippen molar-refractivity contribution in [2.24, 2.45) is 0 Å². The number of benzene rings is 1. The Hall–Kier alpha value is -1.59. The van der Waals surface area contributed by atoms with Crippen LogP contribution in [-0.2, 0) is 14.3 Å². The Balaban J connectivity index is 2.27. The zero-order chi connectivity index (χ0) is 14.3. The van der Waals surface area contributed by atoms with Gasteiger partial charge in [-0.05, 0) is 38.5 Å². The Morgan fingerprint density at radius 3 is 2.74 bits per heavy atom.